The minimum absolute atomic E-state index is 0.640. The van der Waals surface area contributed by atoms with E-state index in [-0.39, 0.29) is 0 Å². The summed E-state index contributed by atoms with van der Waals surface area (Å²) in [5.41, 5.74) is 0.731. The fourth-order valence-corrected chi connectivity index (χ4v) is 1.78. The summed E-state index contributed by atoms with van der Waals surface area (Å²) in [6, 6.07) is 7.15. The van der Waals surface area contributed by atoms with Crippen LogP contribution in [-0.4, -0.2) is 23.4 Å². The first-order valence-corrected chi connectivity index (χ1v) is 6.19. The van der Waals surface area contributed by atoms with Crippen molar-refractivity contribution in [3.63, 3.8) is 0 Å². The average Bonchev–Trinajstić information content (AvgIpc) is 2.38. The van der Waals surface area contributed by atoms with Crippen LogP contribution in [0.5, 0.6) is 5.75 Å². The van der Waals surface area contributed by atoms with E-state index in [9.17, 15) is 10.2 Å². The molecule has 2 unspecified atom stereocenters. The third kappa shape index (κ3) is 4.36. The highest BCUT2D eigenvalue weighted by Gasteiger charge is 2.17. The standard InChI is InChI=1S/C14H22O3/c1-3-4-5-6-13(15)14(16)11-7-9-12(17-2)10-8-11/h7-10,13-16H,3-6H2,1-2H3. The van der Waals surface area contributed by atoms with Gasteiger partial charge in [0.05, 0.1) is 13.2 Å². The summed E-state index contributed by atoms with van der Waals surface area (Å²) in [5, 5.41) is 19.8. The van der Waals surface area contributed by atoms with Crippen molar-refractivity contribution < 1.29 is 14.9 Å². The van der Waals surface area contributed by atoms with E-state index in [0.717, 1.165) is 30.6 Å². The Labute approximate surface area is 103 Å². The van der Waals surface area contributed by atoms with E-state index in [1.807, 2.05) is 0 Å². The van der Waals surface area contributed by atoms with Crippen LogP contribution in [0.25, 0.3) is 0 Å². The summed E-state index contributed by atoms with van der Waals surface area (Å²) in [4.78, 5) is 0. The van der Waals surface area contributed by atoms with Crippen LogP contribution in [0.2, 0.25) is 0 Å². The number of methoxy groups -OCH3 is 1. The highest BCUT2D eigenvalue weighted by molar-refractivity contribution is 5.28. The molecule has 0 aliphatic rings. The molecule has 0 bridgehead atoms. The van der Waals surface area contributed by atoms with Crippen molar-refractivity contribution in [2.45, 2.75) is 44.8 Å². The van der Waals surface area contributed by atoms with Crippen molar-refractivity contribution in [1.29, 1.82) is 0 Å². The Kier molecular flexibility index (Phi) is 6.01. The fourth-order valence-electron chi connectivity index (χ4n) is 1.78. The summed E-state index contributed by atoms with van der Waals surface area (Å²) in [6.45, 7) is 2.12. The summed E-state index contributed by atoms with van der Waals surface area (Å²) in [6.07, 6.45) is 2.30. The summed E-state index contributed by atoms with van der Waals surface area (Å²) >= 11 is 0. The molecular formula is C14H22O3. The molecule has 0 heterocycles. The molecule has 0 saturated carbocycles. The molecule has 96 valence electrons. The van der Waals surface area contributed by atoms with E-state index in [0.29, 0.717) is 6.42 Å². The molecule has 0 spiro atoms. The van der Waals surface area contributed by atoms with Gasteiger partial charge in [0.15, 0.2) is 0 Å². The minimum atomic E-state index is -0.808. The monoisotopic (exact) mass is 238 g/mol. The normalized spacial score (nSPS) is 14.4. The molecule has 0 aromatic heterocycles. The smallest absolute Gasteiger partial charge is 0.118 e. The van der Waals surface area contributed by atoms with Crippen LogP contribution in [0.15, 0.2) is 24.3 Å². The number of benzene rings is 1. The second-order valence-corrected chi connectivity index (χ2v) is 4.28. The third-order valence-electron chi connectivity index (χ3n) is 2.93. The zero-order chi connectivity index (χ0) is 12.7. The molecule has 0 aliphatic heterocycles. The van der Waals surface area contributed by atoms with Gasteiger partial charge in [-0.2, -0.15) is 0 Å². The first-order chi connectivity index (χ1) is 8.19. The van der Waals surface area contributed by atoms with Gasteiger partial charge >= 0.3 is 0 Å². The van der Waals surface area contributed by atoms with Crippen molar-refractivity contribution >= 4 is 0 Å². The predicted molar refractivity (Wildman–Crippen MR) is 68.1 cm³/mol. The SMILES string of the molecule is CCCCCC(O)C(O)c1ccc(OC)cc1. The van der Waals surface area contributed by atoms with Crippen LogP contribution in [0.3, 0.4) is 0 Å². The number of hydrogen-bond donors (Lipinski definition) is 2. The van der Waals surface area contributed by atoms with Gasteiger partial charge in [-0.3, -0.25) is 0 Å². The highest BCUT2D eigenvalue weighted by atomic mass is 16.5. The molecule has 1 aromatic carbocycles. The lowest BCUT2D eigenvalue weighted by atomic mass is 10.00. The Morgan fingerprint density at radius 3 is 2.29 bits per heavy atom. The van der Waals surface area contributed by atoms with Gasteiger partial charge < -0.3 is 14.9 Å². The summed E-state index contributed by atoms with van der Waals surface area (Å²) in [7, 11) is 1.60. The van der Waals surface area contributed by atoms with Crippen LogP contribution in [0, 0.1) is 0 Å². The van der Waals surface area contributed by atoms with Crippen LogP contribution >= 0.6 is 0 Å². The maximum atomic E-state index is 9.96. The predicted octanol–water partition coefficient (Wildman–Crippen LogP) is 2.67. The van der Waals surface area contributed by atoms with Crippen LogP contribution in [-0.2, 0) is 0 Å². The summed E-state index contributed by atoms with van der Waals surface area (Å²) in [5.74, 6) is 0.751. The number of unbranched alkanes of at least 4 members (excludes halogenated alkanes) is 2. The van der Waals surface area contributed by atoms with Gasteiger partial charge in [0.1, 0.15) is 11.9 Å². The zero-order valence-electron chi connectivity index (χ0n) is 10.6. The van der Waals surface area contributed by atoms with Crippen molar-refractivity contribution in [1.82, 2.24) is 0 Å². The Morgan fingerprint density at radius 1 is 1.12 bits per heavy atom. The number of ether oxygens (including phenoxy) is 1. The van der Waals surface area contributed by atoms with Gasteiger partial charge in [0, 0.05) is 0 Å². The fraction of sp³-hybridized carbons (Fsp3) is 0.571. The molecule has 0 saturated heterocycles. The quantitative estimate of drug-likeness (QED) is 0.718. The topological polar surface area (TPSA) is 49.7 Å². The molecule has 17 heavy (non-hydrogen) atoms. The lowest BCUT2D eigenvalue weighted by Gasteiger charge is -2.18. The second kappa shape index (κ2) is 7.30. The van der Waals surface area contributed by atoms with Crippen LogP contribution in [0.4, 0.5) is 0 Å². The van der Waals surface area contributed by atoms with Crippen molar-refractivity contribution in [3.05, 3.63) is 29.8 Å². The Bertz CT molecular complexity index is 308. The van der Waals surface area contributed by atoms with E-state index in [2.05, 4.69) is 6.92 Å². The maximum Gasteiger partial charge on any atom is 0.118 e. The van der Waals surface area contributed by atoms with Gasteiger partial charge in [0.2, 0.25) is 0 Å². The van der Waals surface area contributed by atoms with Crippen molar-refractivity contribution in [2.24, 2.45) is 0 Å². The molecule has 0 fully saturated rings. The third-order valence-corrected chi connectivity index (χ3v) is 2.93. The molecule has 0 aliphatic carbocycles. The zero-order valence-corrected chi connectivity index (χ0v) is 10.6. The molecule has 3 heteroatoms. The highest BCUT2D eigenvalue weighted by Crippen LogP contribution is 2.22. The van der Waals surface area contributed by atoms with E-state index < -0.39 is 12.2 Å². The van der Waals surface area contributed by atoms with E-state index in [1.165, 1.54) is 0 Å². The molecular weight excluding hydrogens is 216 g/mol. The number of aliphatic hydroxyl groups is 2. The molecule has 2 N–H and O–H groups in total. The van der Waals surface area contributed by atoms with E-state index in [4.69, 9.17) is 4.74 Å². The Hall–Kier alpha value is -1.06. The minimum Gasteiger partial charge on any atom is -0.497 e. The van der Waals surface area contributed by atoms with Gasteiger partial charge in [-0.15, -0.1) is 0 Å². The Morgan fingerprint density at radius 2 is 1.76 bits per heavy atom. The first-order valence-electron chi connectivity index (χ1n) is 6.19. The number of rotatable bonds is 7. The molecule has 3 nitrogen and oxygen atoms in total. The number of aliphatic hydroxyl groups excluding tert-OH is 2. The van der Waals surface area contributed by atoms with Gasteiger partial charge in [0.25, 0.3) is 0 Å². The largest absolute Gasteiger partial charge is 0.497 e. The first kappa shape index (κ1) is 14.0. The van der Waals surface area contributed by atoms with E-state index >= 15 is 0 Å². The summed E-state index contributed by atoms with van der Waals surface area (Å²) < 4.78 is 5.04. The molecule has 0 radical (unpaired) electrons. The van der Waals surface area contributed by atoms with Crippen molar-refractivity contribution in [3.8, 4) is 5.75 Å². The molecule has 0 amide bonds. The lowest BCUT2D eigenvalue weighted by molar-refractivity contribution is 0.0120. The second-order valence-electron chi connectivity index (χ2n) is 4.28. The number of hydrogen-bond acceptors (Lipinski definition) is 3. The molecule has 1 rings (SSSR count). The van der Waals surface area contributed by atoms with Crippen LogP contribution in [0.1, 0.15) is 44.3 Å². The van der Waals surface area contributed by atoms with Gasteiger partial charge in [-0.05, 0) is 24.1 Å². The maximum absolute atomic E-state index is 9.96. The molecule has 1 aromatic rings. The lowest BCUT2D eigenvalue weighted by Crippen LogP contribution is -2.18. The van der Waals surface area contributed by atoms with Crippen LogP contribution < -0.4 is 4.74 Å². The van der Waals surface area contributed by atoms with Crippen molar-refractivity contribution in [2.75, 3.05) is 7.11 Å². The average molecular weight is 238 g/mol. The van der Waals surface area contributed by atoms with E-state index in [1.54, 1.807) is 31.4 Å². The molecule has 2 atom stereocenters. The Balaban J connectivity index is 2.52. The van der Waals surface area contributed by atoms with Gasteiger partial charge in [-0.1, -0.05) is 38.3 Å². The van der Waals surface area contributed by atoms with Gasteiger partial charge in [-0.25, -0.2) is 0 Å².